The molecule has 1 aliphatic heterocycles. The van der Waals surface area contributed by atoms with Crippen molar-refractivity contribution in [1.82, 2.24) is 5.32 Å². The van der Waals surface area contributed by atoms with E-state index in [0.717, 1.165) is 38.5 Å². The van der Waals surface area contributed by atoms with Crippen molar-refractivity contribution < 1.29 is 51.8 Å². The van der Waals surface area contributed by atoms with Gasteiger partial charge < -0.3 is 35.2 Å². The molecule has 0 spiro atoms. The van der Waals surface area contributed by atoms with Gasteiger partial charge in [0, 0.05) is 6.42 Å². The minimum Gasteiger partial charge on any atom is -0.394 e. The molecule has 0 aromatic rings. The topological polar surface area (TPSA) is 192 Å². The molecule has 1 fully saturated rings. The molecule has 1 heterocycles. The average Bonchev–Trinajstić information content (AvgIpc) is 3.38. The van der Waals surface area contributed by atoms with Crippen LogP contribution in [0.2, 0.25) is 0 Å². The molecule has 1 aliphatic rings. The summed E-state index contributed by atoms with van der Waals surface area (Å²) in [4.78, 5) is 13.1. The third kappa shape index (κ3) is 42.6. The number of unbranched alkanes of at least 4 members (excludes halogenated alkanes) is 41. The first-order chi connectivity index (χ1) is 36.0. The van der Waals surface area contributed by atoms with Gasteiger partial charge in [0.15, 0.2) is 6.29 Å². The summed E-state index contributed by atoms with van der Waals surface area (Å²) >= 11 is 0. The summed E-state index contributed by atoms with van der Waals surface area (Å²) in [6.45, 7) is 3.43. The lowest BCUT2D eigenvalue weighted by Gasteiger charge is -2.41. The number of hydrogen-bond donors (Lipinski definition) is 6. The molecular weight excluding hydrogens is 955 g/mol. The number of carbonyl (C=O) groups excluding carboxylic acids is 1. The van der Waals surface area contributed by atoms with Crippen molar-refractivity contribution in [3.63, 3.8) is 0 Å². The first-order valence-electron chi connectivity index (χ1n) is 31.2. The number of hydrogen-bond acceptors (Lipinski definition) is 10. The van der Waals surface area contributed by atoms with Gasteiger partial charge in [-0.05, 0) is 44.9 Å². The molecule has 1 saturated heterocycles. The van der Waals surface area contributed by atoms with Gasteiger partial charge in [-0.2, -0.15) is 8.42 Å². The smallest absolute Gasteiger partial charge is 0.394 e. The number of ether oxygens (including phenoxy) is 2. The summed E-state index contributed by atoms with van der Waals surface area (Å²) in [5.74, 6) is -0.257. The SMILES string of the molecule is CCCCCCCCCCCCCC/C=C\CCCCCCCCCCCCCCCCCC(=O)NC(COC1OC(CO)C(O)C(OS(=O)(=O)O)C1O)C(O)/C=C/CCCCCCCCCCCCCCCC. The normalized spacial score (nSPS) is 19.3. The van der Waals surface area contributed by atoms with Crippen molar-refractivity contribution >= 4 is 16.3 Å². The molecule has 0 bridgehead atoms. The lowest BCUT2D eigenvalue weighted by Crippen LogP contribution is -2.61. The number of aliphatic hydroxyl groups is 4. The quantitative estimate of drug-likeness (QED) is 0.0193. The van der Waals surface area contributed by atoms with Gasteiger partial charge in [0.2, 0.25) is 5.91 Å². The second kappa shape index (κ2) is 51.0. The predicted molar refractivity (Wildman–Crippen MR) is 305 cm³/mol. The second-order valence-electron chi connectivity index (χ2n) is 22.0. The first-order valence-corrected chi connectivity index (χ1v) is 32.6. The highest BCUT2D eigenvalue weighted by molar-refractivity contribution is 7.80. The maximum Gasteiger partial charge on any atom is 0.397 e. The molecule has 6 N–H and O–H groups in total. The Hall–Kier alpha value is -1.42. The van der Waals surface area contributed by atoms with Gasteiger partial charge in [-0.1, -0.05) is 276 Å². The minimum atomic E-state index is -5.09. The van der Waals surface area contributed by atoms with Crippen LogP contribution >= 0.6 is 0 Å². The Labute approximate surface area is 454 Å². The van der Waals surface area contributed by atoms with E-state index in [-0.39, 0.29) is 18.9 Å². The van der Waals surface area contributed by atoms with Gasteiger partial charge in [-0.15, -0.1) is 0 Å². The van der Waals surface area contributed by atoms with Crippen LogP contribution in [0.1, 0.15) is 303 Å². The Balaban J connectivity index is 2.26. The van der Waals surface area contributed by atoms with Crippen LogP contribution < -0.4 is 5.32 Å². The van der Waals surface area contributed by atoms with Crippen LogP contribution in [-0.2, 0) is 28.9 Å². The van der Waals surface area contributed by atoms with Crippen LogP contribution in [0.15, 0.2) is 24.3 Å². The summed E-state index contributed by atoms with van der Waals surface area (Å²) in [5.41, 5.74) is 0. The lowest BCUT2D eigenvalue weighted by molar-refractivity contribution is -0.298. The third-order valence-corrected chi connectivity index (χ3v) is 15.4. The summed E-state index contributed by atoms with van der Waals surface area (Å²) in [5, 5.41) is 45.0. The van der Waals surface area contributed by atoms with Crippen molar-refractivity contribution in [2.24, 2.45) is 0 Å². The Morgan fingerprint density at radius 2 is 0.865 bits per heavy atom. The first kappa shape index (κ1) is 70.6. The number of nitrogens with one attached hydrogen (secondary N) is 1. The summed E-state index contributed by atoms with van der Waals surface area (Å²) in [6, 6.07) is -0.942. The average molecular weight is 1070 g/mol. The third-order valence-electron chi connectivity index (χ3n) is 15.0. The van der Waals surface area contributed by atoms with E-state index in [1.54, 1.807) is 6.08 Å². The van der Waals surface area contributed by atoms with Crippen LogP contribution in [0.25, 0.3) is 0 Å². The number of amides is 1. The zero-order chi connectivity index (χ0) is 54.0. The molecule has 0 saturated carbocycles. The van der Waals surface area contributed by atoms with Gasteiger partial charge in [0.1, 0.15) is 24.4 Å². The molecule has 12 nitrogen and oxygen atoms in total. The fourth-order valence-corrected chi connectivity index (χ4v) is 10.7. The van der Waals surface area contributed by atoms with Crippen LogP contribution in [0.3, 0.4) is 0 Å². The van der Waals surface area contributed by atoms with Crippen molar-refractivity contribution in [3.05, 3.63) is 24.3 Å². The van der Waals surface area contributed by atoms with E-state index < -0.39 is 59.9 Å². The predicted octanol–water partition coefficient (Wildman–Crippen LogP) is 15.2. The molecule has 1 rings (SSSR count). The Bertz CT molecular complexity index is 1400. The molecule has 13 heteroatoms. The lowest BCUT2D eigenvalue weighted by atomic mass is 9.99. The largest absolute Gasteiger partial charge is 0.397 e. The van der Waals surface area contributed by atoms with E-state index in [1.165, 1.54) is 238 Å². The zero-order valence-electron chi connectivity index (χ0n) is 47.7. The molecule has 0 aromatic carbocycles. The van der Waals surface area contributed by atoms with Crippen molar-refractivity contribution in [1.29, 1.82) is 0 Å². The molecule has 0 aromatic heterocycles. The Morgan fingerprint density at radius 3 is 1.22 bits per heavy atom. The number of rotatable bonds is 55. The monoisotopic (exact) mass is 1070 g/mol. The maximum atomic E-state index is 13.1. The van der Waals surface area contributed by atoms with E-state index in [0.29, 0.717) is 6.42 Å². The molecular formula is C61H117NO11S. The number of allylic oxidation sites excluding steroid dienone is 3. The highest BCUT2D eigenvalue weighted by Gasteiger charge is 2.48. The highest BCUT2D eigenvalue weighted by Crippen LogP contribution is 2.26. The maximum absolute atomic E-state index is 13.1. The van der Waals surface area contributed by atoms with Crippen molar-refractivity contribution in [3.8, 4) is 0 Å². The summed E-state index contributed by atoms with van der Waals surface area (Å²) < 4.78 is 47.9. The highest BCUT2D eigenvalue weighted by atomic mass is 32.3. The van der Waals surface area contributed by atoms with Crippen molar-refractivity contribution in [2.45, 2.75) is 346 Å². The van der Waals surface area contributed by atoms with Gasteiger partial charge in [-0.3, -0.25) is 9.35 Å². The van der Waals surface area contributed by atoms with E-state index in [1.807, 2.05) is 6.08 Å². The van der Waals surface area contributed by atoms with Crippen molar-refractivity contribution in [2.75, 3.05) is 13.2 Å². The Kier molecular flexibility index (Phi) is 48.7. The van der Waals surface area contributed by atoms with Gasteiger partial charge in [0.25, 0.3) is 0 Å². The summed E-state index contributed by atoms with van der Waals surface area (Å²) in [6.07, 6.45) is 55.3. The van der Waals surface area contributed by atoms with Crippen LogP contribution in [0.5, 0.6) is 0 Å². The Morgan fingerprint density at radius 1 is 0.527 bits per heavy atom. The molecule has 7 unspecified atom stereocenters. The molecule has 1 amide bonds. The molecule has 74 heavy (non-hydrogen) atoms. The molecule has 0 aliphatic carbocycles. The van der Waals surface area contributed by atoms with Gasteiger partial charge in [-0.25, -0.2) is 4.18 Å². The van der Waals surface area contributed by atoms with E-state index in [4.69, 9.17) is 9.47 Å². The molecule has 0 radical (unpaired) electrons. The second-order valence-corrected chi connectivity index (χ2v) is 23.0. The van der Waals surface area contributed by atoms with Gasteiger partial charge >= 0.3 is 10.4 Å². The van der Waals surface area contributed by atoms with E-state index in [2.05, 4.69) is 35.5 Å². The van der Waals surface area contributed by atoms with Crippen LogP contribution in [0, 0.1) is 0 Å². The fourth-order valence-electron chi connectivity index (χ4n) is 10.2. The van der Waals surface area contributed by atoms with Gasteiger partial charge in [0.05, 0.1) is 25.4 Å². The number of carbonyl (C=O) groups is 1. The van der Waals surface area contributed by atoms with Crippen LogP contribution in [-0.4, -0.2) is 95.4 Å². The minimum absolute atomic E-state index is 0.257. The summed E-state index contributed by atoms with van der Waals surface area (Å²) in [7, 11) is -5.09. The van der Waals surface area contributed by atoms with E-state index >= 15 is 0 Å². The number of aliphatic hydroxyl groups excluding tert-OH is 4. The zero-order valence-corrected chi connectivity index (χ0v) is 48.5. The molecule has 438 valence electrons. The van der Waals surface area contributed by atoms with E-state index in [9.17, 15) is 38.2 Å². The molecule has 7 atom stereocenters. The van der Waals surface area contributed by atoms with Crippen LogP contribution in [0.4, 0.5) is 0 Å². The fraction of sp³-hybridized carbons (Fsp3) is 0.918. The standard InChI is InChI=1S/C61H117NO11S/c1-3-5-7-9-11-13-15-17-19-21-22-23-24-25-26-27-28-29-30-31-32-33-34-35-37-39-41-43-45-47-49-51-57(65)62-54(53-71-61-59(67)60(73-74(68,69)70)58(66)56(52-63)72-61)55(64)50-48-46-44-42-40-38-36-20-18-16-14-12-10-8-6-4-2/h25-26,48,50,54-56,58-61,63-64,66-67H,3-24,27-47,49,51-53H2,1-2H3,(H,62,65)(H,68,69,70)/b26-25-,50-48+.